The molecule has 5 nitrogen and oxygen atoms in total. The molecule has 5 heteroatoms. The molecule has 1 heterocycles. The fourth-order valence-electron chi connectivity index (χ4n) is 0.952. The van der Waals surface area contributed by atoms with Crippen molar-refractivity contribution in [2.75, 3.05) is 5.73 Å². The molecule has 0 aliphatic carbocycles. The number of aromatic nitrogens is 4. The van der Waals surface area contributed by atoms with Crippen molar-refractivity contribution in [1.29, 1.82) is 0 Å². The lowest BCUT2D eigenvalue weighted by Gasteiger charge is -1.96. The van der Waals surface area contributed by atoms with Gasteiger partial charge >= 0.3 is 0 Å². The molecule has 0 aliphatic heterocycles. The Morgan fingerprint density at radius 2 is 1.54 bits per heavy atom. The van der Waals surface area contributed by atoms with Crippen LogP contribution in [0.1, 0.15) is 0 Å². The fourth-order valence-corrected chi connectivity index (χ4v) is 0.952. The number of anilines is 1. The molecule has 1 aromatic heterocycles. The van der Waals surface area contributed by atoms with E-state index >= 15 is 0 Å². The Morgan fingerprint density at radius 3 is 2.15 bits per heavy atom. The minimum atomic E-state index is 0.502. The van der Waals surface area contributed by atoms with E-state index in [4.69, 9.17) is 5.73 Å². The van der Waals surface area contributed by atoms with Crippen molar-refractivity contribution in [2.24, 2.45) is 0 Å². The van der Waals surface area contributed by atoms with E-state index in [-0.39, 0.29) is 0 Å². The summed E-state index contributed by atoms with van der Waals surface area (Å²) in [5.74, 6) is 0.502. The van der Waals surface area contributed by atoms with E-state index in [9.17, 15) is 0 Å². The lowest BCUT2D eigenvalue weighted by molar-refractivity contribution is 0.864. The van der Waals surface area contributed by atoms with Crippen molar-refractivity contribution in [2.45, 2.75) is 0 Å². The minimum absolute atomic E-state index is 0.502. The molecular weight excluding hydrogens is 166 g/mol. The van der Waals surface area contributed by atoms with Crippen LogP contribution in [0.3, 0.4) is 0 Å². The van der Waals surface area contributed by atoms with E-state index < -0.39 is 0 Å². The van der Waals surface area contributed by atoms with Gasteiger partial charge in [0, 0.05) is 11.3 Å². The molecule has 0 radical (unpaired) electrons. The van der Waals surface area contributed by atoms with Crippen molar-refractivity contribution in [3.05, 3.63) is 30.6 Å². The maximum atomic E-state index is 5.53. The van der Waals surface area contributed by atoms with Gasteiger partial charge in [0.15, 0.2) is 6.33 Å². The van der Waals surface area contributed by atoms with Gasteiger partial charge in [0.05, 0.1) is 0 Å². The van der Waals surface area contributed by atoms with Gasteiger partial charge in [-0.2, -0.15) is 0 Å². The fraction of sp³-hybridized carbons (Fsp3) is 0. The zero-order valence-corrected chi connectivity index (χ0v) is 6.75. The third-order valence-corrected chi connectivity index (χ3v) is 1.58. The quantitative estimate of drug-likeness (QED) is 0.636. The first-order valence-electron chi connectivity index (χ1n) is 3.72. The Morgan fingerprint density at radius 1 is 0.923 bits per heavy atom. The molecule has 64 valence electrons. The normalized spacial score (nSPS) is 9.85. The number of nitrogens with two attached hydrogens (primary N) is 1. The summed E-state index contributed by atoms with van der Waals surface area (Å²) >= 11 is 0. The van der Waals surface area contributed by atoms with Crippen LogP contribution in [0.15, 0.2) is 30.6 Å². The predicted octanol–water partition coefficient (Wildman–Crippen LogP) is 0.516. The molecule has 0 saturated heterocycles. The molecular formula is C8H7N5. The SMILES string of the molecule is Nc1ccc(-c2nncnn2)cc1. The van der Waals surface area contributed by atoms with Crippen molar-refractivity contribution < 1.29 is 0 Å². The Labute approximate surface area is 74.6 Å². The number of benzene rings is 1. The highest BCUT2D eigenvalue weighted by atomic mass is 15.3. The molecule has 0 saturated carbocycles. The van der Waals surface area contributed by atoms with E-state index in [1.54, 1.807) is 12.1 Å². The molecule has 1 aromatic carbocycles. The average molecular weight is 173 g/mol. The molecule has 0 atom stereocenters. The van der Waals surface area contributed by atoms with Crippen LogP contribution in [0.2, 0.25) is 0 Å². The molecule has 2 rings (SSSR count). The van der Waals surface area contributed by atoms with Gasteiger partial charge in [-0.05, 0) is 24.3 Å². The van der Waals surface area contributed by atoms with E-state index in [2.05, 4.69) is 20.4 Å². The average Bonchev–Trinajstić information content (AvgIpc) is 2.20. The Hall–Kier alpha value is -2.04. The van der Waals surface area contributed by atoms with Crippen LogP contribution in [-0.4, -0.2) is 20.4 Å². The second-order valence-electron chi connectivity index (χ2n) is 2.49. The van der Waals surface area contributed by atoms with Gasteiger partial charge in [-0.15, -0.1) is 20.4 Å². The molecule has 2 N–H and O–H groups in total. The molecule has 2 aromatic rings. The van der Waals surface area contributed by atoms with Gasteiger partial charge in [-0.1, -0.05) is 0 Å². The van der Waals surface area contributed by atoms with Gasteiger partial charge < -0.3 is 5.73 Å². The Kier molecular flexibility index (Phi) is 1.84. The van der Waals surface area contributed by atoms with Gasteiger partial charge in [-0.25, -0.2) is 0 Å². The number of rotatable bonds is 1. The second kappa shape index (κ2) is 3.14. The summed E-state index contributed by atoms with van der Waals surface area (Å²) in [6.07, 6.45) is 1.29. The van der Waals surface area contributed by atoms with E-state index in [1.165, 1.54) is 6.33 Å². The van der Waals surface area contributed by atoms with Crippen LogP contribution >= 0.6 is 0 Å². The van der Waals surface area contributed by atoms with Gasteiger partial charge in [-0.3, -0.25) is 0 Å². The van der Waals surface area contributed by atoms with E-state index in [0.717, 1.165) is 5.56 Å². The zero-order valence-electron chi connectivity index (χ0n) is 6.75. The molecule has 0 spiro atoms. The highest BCUT2D eigenvalue weighted by Crippen LogP contribution is 2.13. The smallest absolute Gasteiger partial charge is 0.203 e. The summed E-state index contributed by atoms with van der Waals surface area (Å²) in [6.45, 7) is 0. The minimum Gasteiger partial charge on any atom is -0.399 e. The molecule has 0 unspecified atom stereocenters. The van der Waals surface area contributed by atoms with E-state index in [0.29, 0.717) is 11.5 Å². The third-order valence-electron chi connectivity index (χ3n) is 1.58. The van der Waals surface area contributed by atoms with Crippen LogP contribution in [-0.2, 0) is 0 Å². The summed E-state index contributed by atoms with van der Waals surface area (Å²) in [5.41, 5.74) is 7.10. The maximum absolute atomic E-state index is 5.53. The topological polar surface area (TPSA) is 77.6 Å². The monoisotopic (exact) mass is 173 g/mol. The molecule has 13 heavy (non-hydrogen) atoms. The molecule has 0 amide bonds. The lowest BCUT2D eigenvalue weighted by Crippen LogP contribution is -1.93. The predicted molar refractivity (Wildman–Crippen MR) is 47.5 cm³/mol. The van der Waals surface area contributed by atoms with Crippen molar-refractivity contribution in [3.63, 3.8) is 0 Å². The number of hydrogen-bond donors (Lipinski definition) is 1. The number of nitrogen functional groups attached to an aromatic ring is 1. The second-order valence-corrected chi connectivity index (χ2v) is 2.49. The van der Waals surface area contributed by atoms with Gasteiger partial charge in [0.25, 0.3) is 0 Å². The number of nitrogens with zero attached hydrogens (tertiary/aromatic N) is 4. The van der Waals surface area contributed by atoms with Crippen molar-refractivity contribution >= 4 is 5.69 Å². The number of hydrogen-bond acceptors (Lipinski definition) is 5. The highest BCUT2D eigenvalue weighted by Gasteiger charge is 1.99. The lowest BCUT2D eigenvalue weighted by atomic mass is 10.2. The van der Waals surface area contributed by atoms with Crippen LogP contribution in [0.25, 0.3) is 11.4 Å². The standard InChI is InChI=1S/C8H7N5/c9-7-3-1-6(2-4-7)8-12-10-5-11-13-8/h1-5H,9H2. The van der Waals surface area contributed by atoms with Crippen molar-refractivity contribution in [1.82, 2.24) is 20.4 Å². The van der Waals surface area contributed by atoms with Gasteiger partial charge in [0.2, 0.25) is 5.82 Å². The first-order valence-corrected chi connectivity index (χ1v) is 3.72. The summed E-state index contributed by atoms with van der Waals surface area (Å²) < 4.78 is 0. The summed E-state index contributed by atoms with van der Waals surface area (Å²) in [5, 5.41) is 14.9. The zero-order chi connectivity index (χ0) is 9.10. The van der Waals surface area contributed by atoms with Crippen LogP contribution in [0.4, 0.5) is 5.69 Å². The van der Waals surface area contributed by atoms with Crippen LogP contribution in [0, 0.1) is 0 Å². The largest absolute Gasteiger partial charge is 0.399 e. The highest BCUT2D eigenvalue weighted by molar-refractivity contribution is 5.57. The first-order chi connectivity index (χ1) is 6.36. The van der Waals surface area contributed by atoms with Gasteiger partial charge in [0.1, 0.15) is 0 Å². The maximum Gasteiger partial charge on any atom is 0.203 e. The summed E-state index contributed by atoms with van der Waals surface area (Å²) in [7, 11) is 0. The third kappa shape index (κ3) is 1.58. The summed E-state index contributed by atoms with van der Waals surface area (Å²) in [6, 6.07) is 7.22. The Balaban J connectivity index is 2.42. The molecule has 0 bridgehead atoms. The molecule has 0 fully saturated rings. The van der Waals surface area contributed by atoms with E-state index in [1.807, 2.05) is 12.1 Å². The summed E-state index contributed by atoms with van der Waals surface area (Å²) in [4.78, 5) is 0. The molecule has 0 aliphatic rings. The Bertz CT molecular complexity index is 383. The van der Waals surface area contributed by atoms with Crippen LogP contribution in [0.5, 0.6) is 0 Å². The van der Waals surface area contributed by atoms with Crippen LogP contribution < -0.4 is 5.73 Å². The van der Waals surface area contributed by atoms with Crippen molar-refractivity contribution in [3.8, 4) is 11.4 Å². The first kappa shape index (κ1) is 7.60.